The molecule has 0 atom stereocenters. The van der Waals surface area contributed by atoms with Crippen LogP contribution in [-0.4, -0.2) is 31.9 Å². The molecule has 2 aromatic rings. The second kappa shape index (κ2) is 11.8. The van der Waals surface area contributed by atoms with Gasteiger partial charge in [0.05, 0.1) is 31.5 Å². The van der Waals surface area contributed by atoms with Gasteiger partial charge >= 0.3 is 6.18 Å². The predicted molar refractivity (Wildman–Crippen MR) is 114 cm³/mol. The highest BCUT2D eigenvalue weighted by molar-refractivity contribution is 5.86. The van der Waals surface area contributed by atoms with Crippen molar-refractivity contribution >= 4 is 17.8 Å². The molecule has 0 aliphatic rings. The number of nitrogens with zero attached hydrogens (tertiary/aromatic N) is 1. The number of amides is 1. The smallest absolute Gasteiger partial charge is 0.416 e. The second-order valence-corrected chi connectivity index (χ2v) is 6.62. The van der Waals surface area contributed by atoms with Gasteiger partial charge in [0.2, 0.25) is 0 Å². The molecule has 0 radical (unpaired) electrons. The van der Waals surface area contributed by atoms with Crippen LogP contribution in [0.1, 0.15) is 37.8 Å². The number of hydrogen-bond donors (Lipinski definition) is 2. The summed E-state index contributed by atoms with van der Waals surface area (Å²) in [6, 6.07) is 9.95. The van der Waals surface area contributed by atoms with E-state index in [-0.39, 0.29) is 12.2 Å². The van der Waals surface area contributed by atoms with Crippen LogP contribution in [0.2, 0.25) is 0 Å². The van der Waals surface area contributed by atoms with Crippen LogP contribution in [0.15, 0.2) is 47.6 Å². The van der Waals surface area contributed by atoms with Crippen molar-refractivity contribution in [2.24, 2.45) is 5.10 Å². The molecule has 0 fully saturated rings. The molecule has 6 nitrogen and oxygen atoms in total. The summed E-state index contributed by atoms with van der Waals surface area (Å²) < 4.78 is 49.6. The molecule has 0 saturated carbocycles. The molecule has 0 aromatic heterocycles. The minimum atomic E-state index is -4.45. The topological polar surface area (TPSA) is 72.0 Å². The summed E-state index contributed by atoms with van der Waals surface area (Å²) in [7, 11) is 0. The molecule has 0 spiro atoms. The standard InChI is InChI=1S/C22H26F3N3O3/c1-3-10-30-19-9-8-16(20(13-19)31-11-4-2)14-27-28-21(29)15-26-18-7-5-6-17(12-18)22(23,24)25/h5-9,12-14,26H,3-4,10-11,15H2,1-2H3,(H,28,29)/b27-14+. The molecular formula is C22H26F3N3O3. The monoisotopic (exact) mass is 437 g/mol. The van der Waals surface area contributed by atoms with Crippen molar-refractivity contribution in [3.05, 3.63) is 53.6 Å². The van der Waals surface area contributed by atoms with E-state index in [0.29, 0.717) is 30.3 Å². The van der Waals surface area contributed by atoms with Crippen LogP contribution in [0.3, 0.4) is 0 Å². The molecule has 31 heavy (non-hydrogen) atoms. The molecule has 9 heteroatoms. The molecule has 168 valence electrons. The van der Waals surface area contributed by atoms with Gasteiger partial charge in [-0.05, 0) is 43.2 Å². The number of halogens is 3. The van der Waals surface area contributed by atoms with Gasteiger partial charge in [-0.15, -0.1) is 0 Å². The molecule has 0 aliphatic heterocycles. The fraction of sp³-hybridized carbons (Fsp3) is 0.364. The minimum absolute atomic E-state index is 0.187. The average molecular weight is 437 g/mol. The number of anilines is 1. The predicted octanol–water partition coefficient (Wildman–Crippen LogP) is 4.85. The van der Waals surface area contributed by atoms with Crippen molar-refractivity contribution in [1.82, 2.24) is 5.43 Å². The largest absolute Gasteiger partial charge is 0.493 e. The molecule has 2 N–H and O–H groups in total. The van der Waals surface area contributed by atoms with E-state index in [2.05, 4.69) is 15.8 Å². The molecule has 2 rings (SSSR count). The van der Waals surface area contributed by atoms with Crippen LogP contribution < -0.4 is 20.2 Å². The lowest BCUT2D eigenvalue weighted by atomic mass is 10.2. The molecular weight excluding hydrogens is 411 g/mol. The summed E-state index contributed by atoms with van der Waals surface area (Å²) in [5, 5.41) is 6.55. The SMILES string of the molecule is CCCOc1ccc(/C=N/NC(=O)CNc2cccc(C(F)(F)F)c2)c(OCCC)c1. The zero-order chi connectivity index (χ0) is 22.7. The summed E-state index contributed by atoms with van der Waals surface area (Å²) >= 11 is 0. The lowest BCUT2D eigenvalue weighted by Gasteiger charge is -2.11. The van der Waals surface area contributed by atoms with Crippen LogP contribution in [0.25, 0.3) is 0 Å². The lowest BCUT2D eigenvalue weighted by molar-refractivity contribution is -0.137. The van der Waals surface area contributed by atoms with Crippen molar-refractivity contribution in [3.8, 4) is 11.5 Å². The average Bonchev–Trinajstić information content (AvgIpc) is 2.75. The summed E-state index contributed by atoms with van der Waals surface area (Å²) in [4.78, 5) is 12.0. The molecule has 0 bridgehead atoms. The number of alkyl halides is 3. The summed E-state index contributed by atoms with van der Waals surface area (Å²) in [6.45, 7) is 4.88. The number of carbonyl (C=O) groups excluding carboxylic acids is 1. The number of hydrazone groups is 1. The summed E-state index contributed by atoms with van der Waals surface area (Å²) in [5.41, 5.74) is 2.39. The molecule has 0 heterocycles. The number of nitrogens with one attached hydrogen (secondary N) is 2. The first-order valence-corrected chi connectivity index (χ1v) is 9.96. The van der Waals surface area contributed by atoms with E-state index in [0.717, 1.165) is 25.0 Å². The van der Waals surface area contributed by atoms with Gasteiger partial charge in [-0.3, -0.25) is 4.79 Å². The third-order valence-electron chi connectivity index (χ3n) is 3.96. The van der Waals surface area contributed by atoms with E-state index < -0.39 is 17.6 Å². The van der Waals surface area contributed by atoms with Gasteiger partial charge < -0.3 is 14.8 Å². The van der Waals surface area contributed by atoms with E-state index in [1.165, 1.54) is 18.3 Å². The maximum Gasteiger partial charge on any atom is 0.416 e. The normalized spacial score (nSPS) is 11.4. The molecule has 0 saturated heterocycles. The zero-order valence-corrected chi connectivity index (χ0v) is 17.5. The van der Waals surface area contributed by atoms with E-state index >= 15 is 0 Å². The van der Waals surface area contributed by atoms with Crippen molar-refractivity contribution in [2.75, 3.05) is 25.1 Å². The number of ether oxygens (including phenoxy) is 2. The number of benzene rings is 2. The quantitative estimate of drug-likeness (QED) is 0.390. The third-order valence-corrected chi connectivity index (χ3v) is 3.96. The molecule has 1 amide bonds. The Labute approximate surface area is 179 Å². The van der Waals surface area contributed by atoms with Gasteiger partial charge in [0.1, 0.15) is 11.5 Å². The maximum atomic E-state index is 12.7. The fourth-order valence-corrected chi connectivity index (χ4v) is 2.47. The lowest BCUT2D eigenvalue weighted by Crippen LogP contribution is -2.26. The van der Waals surface area contributed by atoms with Gasteiger partial charge in [0.25, 0.3) is 5.91 Å². The van der Waals surface area contributed by atoms with Gasteiger partial charge in [-0.1, -0.05) is 19.9 Å². The Morgan fingerprint density at radius 1 is 1.06 bits per heavy atom. The Morgan fingerprint density at radius 2 is 1.81 bits per heavy atom. The van der Waals surface area contributed by atoms with E-state index in [9.17, 15) is 18.0 Å². The second-order valence-electron chi connectivity index (χ2n) is 6.62. The van der Waals surface area contributed by atoms with Crippen LogP contribution in [0, 0.1) is 0 Å². The highest BCUT2D eigenvalue weighted by Gasteiger charge is 2.30. The first-order chi connectivity index (χ1) is 14.8. The van der Waals surface area contributed by atoms with Crippen molar-refractivity contribution in [1.29, 1.82) is 0 Å². The Kier molecular flexibility index (Phi) is 9.17. The Bertz CT molecular complexity index is 886. The van der Waals surface area contributed by atoms with E-state index in [1.807, 2.05) is 13.8 Å². The summed E-state index contributed by atoms with van der Waals surface area (Å²) in [5.74, 6) is 0.752. The Hall–Kier alpha value is -3.23. The zero-order valence-electron chi connectivity index (χ0n) is 17.5. The molecule has 0 aliphatic carbocycles. The Morgan fingerprint density at radius 3 is 2.52 bits per heavy atom. The van der Waals surface area contributed by atoms with E-state index in [1.54, 1.807) is 18.2 Å². The molecule has 0 unspecified atom stereocenters. The van der Waals surface area contributed by atoms with Gasteiger partial charge in [0.15, 0.2) is 0 Å². The van der Waals surface area contributed by atoms with Crippen LogP contribution in [-0.2, 0) is 11.0 Å². The Balaban J connectivity index is 1.94. The van der Waals surface area contributed by atoms with Crippen LogP contribution >= 0.6 is 0 Å². The minimum Gasteiger partial charge on any atom is -0.493 e. The fourth-order valence-electron chi connectivity index (χ4n) is 2.47. The number of carbonyl (C=O) groups is 1. The van der Waals surface area contributed by atoms with Crippen LogP contribution in [0.5, 0.6) is 11.5 Å². The van der Waals surface area contributed by atoms with Crippen molar-refractivity contribution in [3.63, 3.8) is 0 Å². The van der Waals surface area contributed by atoms with Crippen molar-refractivity contribution < 1.29 is 27.4 Å². The van der Waals surface area contributed by atoms with Gasteiger partial charge in [-0.2, -0.15) is 18.3 Å². The highest BCUT2D eigenvalue weighted by atomic mass is 19.4. The summed E-state index contributed by atoms with van der Waals surface area (Å²) in [6.07, 6.45) is -1.29. The first kappa shape index (κ1) is 24.0. The highest BCUT2D eigenvalue weighted by Crippen LogP contribution is 2.30. The van der Waals surface area contributed by atoms with Crippen molar-refractivity contribution in [2.45, 2.75) is 32.9 Å². The van der Waals surface area contributed by atoms with Gasteiger partial charge in [-0.25, -0.2) is 5.43 Å². The molecule has 2 aromatic carbocycles. The third kappa shape index (κ3) is 8.19. The van der Waals surface area contributed by atoms with Crippen LogP contribution in [0.4, 0.5) is 18.9 Å². The first-order valence-electron chi connectivity index (χ1n) is 9.96. The number of hydrogen-bond acceptors (Lipinski definition) is 5. The van der Waals surface area contributed by atoms with E-state index in [4.69, 9.17) is 9.47 Å². The number of rotatable bonds is 11. The van der Waals surface area contributed by atoms with Gasteiger partial charge in [0, 0.05) is 17.3 Å². The maximum absolute atomic E-state index is 12.7.